The van der Waals surface area contributed by atoms with E-state index in [1.54, 1.807) is 19.1 Å². The number of hydrogen-bond acceptors (Lipinski definition) is 9. The van der Waals surface area contributed by atoms with Crippen LogP contribution >= 0.6 is 0 Å². The second-order valence-corrected chi connectivity index (χ2v) is 11.7. The van der Waals surface area contributed by atoms with Crippen molar-refractivity contribution < 1.29 is 29.3 Å². The van der Waals surface area contributed by atoms with E-state index in [4.69, 9.17) is 19.7 Å². The zero-order valence-electron chi connectivity index (χ0n) is 25.8. The van der Waals surface area contributed by atoms with E-state index < -0.39 is 23.6 Å². The van der Waals surface area contributed by atoms with Crippen LogP contribution in [-0.4, -0.2) is 52.2 Å². The van der Waals surface area contributed by atoms with Gasteiger partial charge in [-0.15, -0.1) is 0 Å². The third kappa shape index (κ3) is 4.54. The highest BCUT2D eigenvalue weighted by atomic mass is 16.5. The first-order valence-corrected chi connectivity index (χ1v) is 14.9. The molecule has 45 heavy (non-hydrogen) atoms. The number of aliphatic hydroxyl groups excluding tert-OH is 1. The van der Waals surface area contributed by atoms with Crippen molar-refractivity contribution in [3.8, 4) is 0 Å². The molecule has 3 N–H and O–H groups in total. The number of carboxylic acid groups (broad SMARTS) is 1. The SMILES string of the molecule is C=CC1=C(C)C2=NC1=CC1=NC(=C(CC)/C1=C/O)C=C1N=C3C(=C1C)C(=O)[C@@H](C(=O)OC)C3=C1NC(=C2)[C@@H](C)[C@H]1CCC(=O)O. The van der Waals surface area contributed by atoms with Gasteiger partial charge in [0.05, 0.1) is 47.6 Å². The summed E-state index contributed by atoms with van der Waals surface area (Å²) in [5, 5.41) is 23.4. The van der Waals surface area contributed by atoms with Crippen molar-refractivity contribution >= 4 is 34.9 Å². The lowest BCUT2D eigenvalue weighted by Crippen LogP contribution is -2.26. The number of fused-ring (bicyclic) bond motifs is 5. The van der Waals surface area contributed by atoms with Crippen LogP contribution in [0.25, 0.3) is 0 Å². The van der Waals surface area contributed by atoms with Crippen LogP contribution in [0.3, 0.4) is 0 Å². The van der Waals surface area contributed by atoms with E-state index in [0.29, 0.717) is 68.6 Å². The predicted molar refractivity (Wildman–Crippen MR) is 170 cm³/mol. The standard InChI is InChI=1S/C35H34N4O6/c1-7-18-15(3)22-11-23-16(4)20(9-10-28(41)42)32(38-23)30-31(35(44)45-6)34(43)29-17(5)24(39-33(29)30)12-26-19(8-2)21(14-40)27(37-26)13-25(18)36-22/h7,11-14,16,20,31,38,40H,1,8-10H2,2-6H3,(H,41,42)/b21-14-,23-11?,24-12?,25-13?,32-30?/t16-,20+,31-/m0/s1. The number of nitrogens with one attached hydrogen (secondary N) is 1. The molecule has 1 saturated carbocycles. The summed E-state index contributed by atoms with van der Waals surface area (Å²) in [5.74, 6) is -3.83. The molecule has 6 rings (SSSR count). The molecule has 0 aromatic heterocycles. The molecule has 230 valence electrons. The molecule has 5 aliphatic heterocycles. The van der Waals surface area contributed by atoms with Crippen molar-refractivity contribution in [2.45, 2.75) is 47.0 Å². The molecule has 1 aliphatic carbocycles. The zero-order chi connectivity index (χ0) is 32.3. The third-order valence-corrected chi connectivity index (χ3v) is 9.40. The highest BCUT2D eigenvalue weighted by Gasteiger charge is 2.51. The quantitative estimate of drug-likeness (QED) is 0.211. The molecule has 0 radical (unpaired) electrons. The minimum Gasteiger partial charge on any atom is -0.515 e. The number of aliphatic carboxylic acids is 1. The Kier molecular flexibility index (Phi) is 7.39. The largest absolute Gasteiger partial charge is 0.515 e. The Bertz CT molecular complexity index is 1870. The number of hydrogen-bond donors (Lipinski definition) is 3. The summed E-state index contributed by atoms with van der Waals surface area (Å²) in [5.41, 5.74) is 9.16. The first-order valence-electron chi connectivity index (χ1n) is 14.9. The summed E-state index contributed by atoms with van der Waals surface area (Å²) in [6.07, 6.45) is 9.09. The zero-order valence-corrected chi connectivity index (χ0v) is 25.8. The van der Waals surface area contributed by atoms with Crippen molar-refractivity contribution in [2.24, 2.45) is 32.7 Å². The minimum absolute atomic E-state index is 0.0981. The van der Waals surface area contributed by atoms with E-state index in [-0.39, 0.29) is 24.7 Å². The number of carbonyl (C=O) groups excluding carboxylic acids is 2. The summed E-state index contributed by atoms with van der Waals surface area (Å²) in [7, 11) is 1.24. The van der Waals surface area contributed by atoms with E-state index in [1.807, 2.05) is 32.9 Å². The normalized spacial score (nSPS) is 26.2. The first kappa shape index (κ1) is 29.9. The number of aliphatic imine (C=N–C) groups is 3. The summed E-state index contributed by atoms with van der Waals surface area (Å²) >= 11 is 0. The maximum Gasteiger partial charge on any atom is 0.321 e. The highest BCUT2D eigenvalue weighted by Crippen LogP contribution is 2.47. The number of carbonyl (C=O) groups is 3. The molecule has 0 unspecified atom stereocenters. The van der Waals surface area contributed by atoms with Gasteiger partial charge in [-0.2, -0.15) is 0 Å². The molecule has 0 aromatic rings. The lowest BCUT2D eigenvalue weighted by atomic mass is 9.85. The summed E-state index contributed by atoms with van der Waals surface area (Å²) in [6, 6.07) is 0. The highest BCUT2D eigenvalue weighted by molar-refractivity contribution is 6.42. The van der Waals surface area contributed by atoms with Gasteiger partial charge in [0.2, 0.25) is 0 Å². The first-order chi connectivity index (χ1) is 21.5. The summed E-state index contributed by atoms with van der Waals surface area (Å²) in [6.45, 7) is 11.7. The Morgan fingerprint density at radius 3 is 2.49 bits per heavy atom. The summed E-state index contributed by atoms with van der Waals surface area (Å²) < 4.78 is 5.11. The van der Waals surface area contributed by atoms with Gasteiger partial charge in [0.1, 0.15) is 5.92 Å². The molecule has 10 heteroatoms. The number of nitrogens with zero attached hydrogens (tertiary/aromatic N) is 3. The van der Waals surface area contributed by atoms with Gasteiger partial charge in [0, 0.05) is 51.9 Å². The molecule has 1 saturated heterocycles. The fourth-order valence-corrected chi connectivity index (χ4v) is 6.99. The van der Waals surface area contributed by atoms with Crippen LogP contribution in [0.2, 0.25) is 0 Å². The Hall–Kier alpha value is -5.12. The van der Waals surface area contributed by atoms with Gasteiger partial charge in [0.15, 0.2) is 5.78 Å². The number of ketones is 1. The number of aliphatic hydroxyl groups is 1. The van der Waals surface area contributed by atoms with Gasteiger partial charge in [-0.3, -0.25) is 14.4 Å². The number of allylic oxidation sites excluding steroid dienone is 11. The average Bonchev–Trinajstić information content (AvgIpc) is 3.76. The lowest BCUT2D eigenvalue weighted by molar-refractivity contribution is -0.146. The number of rotatable bonds is 6. The number of ether oxygens (including phenoxy) is 1. The number of esters is 1. The number of methoxy groups -OCH3 is 1. The van der Waals surface area contributed by atoms with E-state index >= 15 is 0 Å². The molecular formula is C35H34N4O6. The molecule has 0 spiro atoms. The van der Waals surface area contributed by atoms with Gasteiger partial charge in [-0.25, -0.2) is 15.0 Å². The van der Waals surface area contributed by atoms with Crippen LogP contribution < -0.4 is 5.32 Å². The molecule has 10 nitrogen and oxygen atoms in total. The number of Topliss-reactive ketones (excluding diaryl/α,β-unsaturated/α-hetero) is 1. The minimum atomic E-state index is -1.24. The van der Waals surface area contributed by atoms with Crippen LogP contribution in [0.4, 0.5) is 0 Å². The topological polar surface area (TPSA) is 150 Å². The lowest BCUT2D eigenvalue weighted by Gasteiger charge is -2.18. The van der Waals surface area contributed by atoms with Gasteiger partial charge >= 0.3 is 11.9 Å². The predicted octanol–water partition coefficient (Wildman–Crippen LogP) is 5.29. The fourth-order valence-electron chi connectivity index (χ4n) is 6.99. The van der Waals surface area contributed by atoms with Crippen LogP contribution in [-0.2, 0) is 19.1 Å². The average molecular weight is 607 g/mol. The smallest absolute Gasteiger partial charge is 0.321 e. The molecular weight excluding hydrogens is 572 g/mol. The molecule has 8 bridgehead atoms. The maximum absolute atomic E-state index is 14.0. The second kappa shape index (κ2) is 11.1. The van der Waals surface area contributed by atoms with Crippen molar-refractivity contribution in [2.75, 3.05) is 7.11 Å². The molecule has 2 fully saturated rings. The van der Waals surface area contributed by atoms with Gasteiger partial charge in [0.25, 0.3) is 0 Å². The van der Waals surface area contributed by atoms with E-state index in [2.05, 4.69) is 11.9 Å². The Labute approximate surface area is 260 Å². The van der Waals surface area contributed by atoms with Crippen molar-refractivity contribution in [3.05, 3.63) is 105 Å². The molecule has 5 heterocycles. The maximum atomic E-state index is 14.0. The third-order valence-electron chi connectivity index (χ3n) is 9.40. The van der Waals surface area contributed by atoms with Gasteiger partial charge in [-0.1, -0.05) is 26.5 Å². The molecule has 0 amide bonds. The molecule has 3 atom stereocenters. The van der Waals surface area contributed by atoms with Gasteiger partial charge < -0.3 is 20.3 Å². The number of carboxylic acids is 1. The van der Waals surface area contributed by atoms with E-state index in [1.165, 1.54) is 7.11 Å². The van der Waals surface area contributed by atoms with Crippen molar-refractivity contribution in [1.82, 2.24) is 5.32 Å². The Morgan fingerprint density at radius 2 is 1.84 bits per heavy atom. The van der Waals surface area contributed by atoms with Gasteiger partial charge in [-0.05, 0) is 61.6 Å². The van der Waals surface area contributed by atoms with Crippen LogP contribution in [0.1, 0.15) is 47.0 Å². The van der Waals surface area contributed by atoms with Crippen molar-refractivity contribution in [1.29, 1.82) is 0 Å². The van der Waals surface area contributed by atoms with Crippen LogP contribution in [0.5, 0.6) is 0 Å². The Balaban J connectivity index is 1.69. The Morgan fingerprint density at radius 1 is 1.09 bits per heavy atom. The van der Waals surface area contributed by atoms with Crippen LogP contribution in [0, 0.1) is 17.8 Å². The second-order valence-electron chi connectivity index (χ2n) is 11.7. The molecule has 0 aromatic carbocycles. The molecule has 6 aliphatic rings. The summed E-state index contributed by atoms with van der Waals surface area (Å²) in [4.78, 5) is 53.6. The van der Waals surface area contributed by atoms with E-state index in [0.717, 1.165) is 28.7 Å². The van der Waals surface area contributed by atoms with Crippen molar-refractivity contribution in [3.63, 3.8) is 0 Å². The monoisotopic (exact) mass is 606 g/mol. The van der Waals surface area contributed by atoms with Crippen LogP contribution in [0.15, 0.2) is 120 Å². The van der Waals surface area contributed by atoms with E-state index in [9.17, 15) is 24.6 Å². The fraction of sp³-hybridized carbons (Fsp3) is 0.314.